The van der Waals surface area contributed by atoms with Crippen molar-refractivity contribution in [3.63, 3.8) is 0 Å². The minimum atomic E-state index is -4.07. The van der Waals surface area contributed by atoms with E-state index in [-0.39, 0.29) is 6.16 Å². The molecule has 0 atom stereocenters. The fraction of sp³-hybridized carbons (Fsp3) is 0.400. The zero-order valence-corrected chi connectivity index (χ0v) is 9.45. The second kappa shape index (κ2) is 3.95. The second-order valence-corrected chi connectivity index (χ2v) is 6.82. The summed E-state index contributed by atoms with van der Waals surface area (Å²) in [6.45, 7) is 3.78. The third-order valence-corrected chi connectivity index (χ3v) is 5.52. The van der Waals surface area contributed by atoms with Gasteiger partial charge in [-0.25, -0.2) is 0 Å². The van der Waals surface area contributed by atoms with Gasteiger partial charge in [-0.05, 0) is 0 Å². The molecule has 4 heteroatoms. The van der Waals surface area contributed by atoms with Gasteiger partial charge in [-0.2, -0.15) is 0 Å². The Morgan fingerprint density at radius 3 is 2.14 bits per heavy atom. The van der Waals surface area contributed by atoms with Crippen LogP contribution in [0, 0.1) is 0 Å². The van der Waals surface area contributed by atoms with Crippen LogP contribution < -0.4 is 5.30 Å². The minimum absolute atomic E-state index is 0.212. The molecule has 0 bridgehead atoms. The summed E-state index contributed by atoms with van der Waals surface area (Å²) in [6, 6.07) is 8.77. The first-order valence-corrected chi connectivity index (χ1v) is 6.98. The van der Waals surface area contributed by atoms with Gasteiger partial charge in [0.25, 0.3) is 0 Å². The fourth-order valence-corrected chi connectivity index (χ4v) is 3.36. The average molecular weight is 216 g/mol. The Bertz CT molecular complexity index is 297. The molecule has 1 rings (SSSR count). The molecular weight excluding hydrogens is 199 g/mol. The Kier molecular flexibility index (Phi) is 3.28. The third-order valence-electron chi connectivity index (χ3n) is 2.25. The van der Waals surface area contributed by atoms with Crippen LogP contribution in [0.1, 0.15) is 13.8 Å². The van der Waals surface area contributed by atoms with Crippen molar-refractivity contribution in [1.29, 1.82) is 0 Å². The zero-order chi connectivity index (χ0) is 10.7. The summed E-state index contributed by atoms with van der Waals surface area (Å²) in [5, 5.41) is 0.489. The van der Waals surface area contributed by atoms with Crippen molar-refractivity contribution in [2.75, 3.05) is 12.8 Å². The molecule has 80 valence electrons. The van der Waals surface area contributed by atoms with Crippen LogP contribution >= 0.6 is 7.28 Å². The van der Waals surface area contributed by atoms with Crippen LogP contribution in [0.2, 0.25) is 0 Å². The van der Waals surface area contributed by atoms with Crippen LogP contribution in [0.5, 0.6) is 0 Å². The number of rotatable bonds is 4. The van der Waals surface area contributed by atoms with Crippen LogP contribution in [0.15, 0.2) is 30.3 Å². The Balaban J connectivity index is 3.13. The van der Waals surface area contributed by atoms with Gasteiger partial charge >= 0.3 is 83.8 Å². The van der Waals surface area contributed by atoms with Gasteiger partial charge in [0.2, 0.25) is 0 Å². The van der Waals surface area contributed by atoms with Crippen molar-refractivity contribution in [2.24, 2.45) is 0 Å². The summed E-state index contributed by atoms with van der Waals surface area (Å²) < 4.78 is 5.19. The van der Waals surface area contributed by atoms with Gasteiger partial charge < -0.3 is 0 Å². The molecule has 0 unspecified atom stereocenters. The molecule has 0 heterocycles. The van der Waals surface area contributed by atoms with Crippen LogP contribution in [-0.2, 0) is 4.52 Å². The first kappa shape index (κ1) is 11.6. The van der Waals surface area contributed by atoms with Crippen LogP contribution in [0.4, 0.5) is 0 Å². The topological polar surface area (TPSA) is 49.7 Å². The van der Waals surface area contributed by atoms with E-state index < -0.39 is 7.28 Å². The fourth-order valence-electron chi connectivity index (χ4n) is 1.35. The summed E-state index contributed by atoms with van der Waals surface area (Å²) in [5.41, 5.74) is 0. The molecule has 0 aromatic heterocycles. The quantitative estimate of drug-likeness (QED) is 0.752. The van der Waals surface area contributed by atoms with Crippen LogP contribution in [-0.4, -0.2) is 22.6 Å². The van der Waals surface area contributed by atoms with Gasteiger partial charge in [-0.1, -0.05) is 0 Å². The molecule has 0 aliphatic carbocycles. The summed E-state index contributed by atoms with van der Waals surface area (Å²) >= 11 is 0. The van der Waals surface area contributed by atoms with E-state index in [1.165, 1.54) is 0 Å². The molecule has 1 aromatic rings. The Morgan fingerprint density at radius 1 is 1.14 bits per heavy atom. The summed E-state index contributed by atoms with van der Waals surface area (Å²) in [5.74, 6) is 0. The van der Waals surface area contributed by atoms with E-state index in [9.17, 15) is 9.79 Å². The van der Waals surface area contributed by atoms with Crippen molar-refractivity contribution >= 4 is 12.6 Å². The van der Waals surface area contributed by atoms with Crippen molar-refractivity contribution in [1.82, 2.24) is 0 Å². The van der Waals surface area contributed by atoms with Crippen molar-refractivity contribution < 1.29 is 14.3 Å². The van der Waals surface area contributed by atoms with Gasteiger partial charge in [0.15, 0.2) is 0 Å². The molecule has 0 fully saturated rings. The zero-order valence-electron chi connectivity index (χ0n) is 8.55. The van der Waals surface area contributed by atoms with Gasteiger partial charge in [-0.3, -0.25) is 0 Å². The van der Waals surface area contributed by atoms with E-state index in [0.717, 1.165) is 0 Å². The molecule has 0 radical (unpaired) electrons. The third kappa shape index (κ3) is 2.12. The predicted octanol–water partition coefficient (Wildman–Crippen LogP) is 1.65. The molecule has 14 heavy (non-hydrogen) atoms. The molecule has 0 saturated carbocycles. The number of benzene rings is 1. The van der Waals surface area contributed by atoms with Crippen molar-refractivity contribution in [3.05, 3.63) is 30.3 Å². The molecule has 2 N–H and O–H groups in total. The first-order chi connectivity index (χ1) is 6.52. The van der Waals surface area contributed by atoms with E-state index in [1.54, 1.807) is 38.1 Å². The van der Waals surface area contributed by atoms with Gasteiger partial charge in [0, 0.05) is 0 Å². The molecule has 0 amide bonds. The van der Waals surface area contributed by atoms with Gasteiger partial charge in [0.1, 0.15) is 0 Å². The predicted molar refractivity (Wildman–Crippen MR) is 59.6 cm³/mol. The molecule has 0 aliphatic rings. The molecule has 3 nitrogen and oxygen atoms in total. The Hall–Kier alpha value is -0.470. The summed E-state index contributed by atoms with van der Waals surface area (Å²) in [4.78, 5) is 20.4. The number of hydrogen-bond acceptors (Lipinski definition) is 3. The summed E-state index contributed by atoms with van der Waals surface area (Å²) in [7, 11) is -4.07. The van der Waals surface area contributed by atoms with E-state index in [1.807, 2.05) is 6.07 Å². The monoisotopic (exact) mass is 216 g/mol. The van der Waals surface area contributed by atoms with Crippen molar-refractivity contribution in [2.45, 2.75) is 13.8 Å². The molecular formula is C10H17O3P. The maximum atomic E-state index is 10.2. The first-order valence-electron chi connectivity index (χ1n) is 4.74. The summed E-state index contributed by atoms with van der Waals surface area (Å²) in [6.07, 6.45) is 0.212. The Morgan fingerprint density at radius 2 is 1.71 bits per heavy atom. The molecule has 1 aromatic carbocycles. The van der Waals surface area contributed by atoms with Gasteiger partial charge in [-0.15, -0.1) is 0 Å². The van der Waals surface area contributed by atoms with Crippen molar-refractivity contribution in [3.8, 4) is 0 Å². The van der Waals surface area contributed by atoms with Gasteiger partial charge in [0.05, 0.1) is 0 Å². The number of hydrogen-bond donors (Lipinski definition) is 2. The van der Waals surface area contributed by atoms with E-state index >= 15 is 0 Å². The molecule has 0 saturated heterocycles. The average Bonchev–Trinajstić information content (AvgIpc) is 2.20. The maximum absolute atomic E-state index is 10.2. The Labute approximate surface area is 84.5 Å². The van der Waals surface area contributed by atoms with Crippen LogP contribution in [0.25, 0.3) is 0 Å². The SMILES string of the molecule is CCOP(O)(O)(CC)c1ccccc1. The van der Waals surface area contributed by atoms with Crippen LogP contribution in [0.3, 0.4) is 0 Å². The molecule has 0 aliphatic heterocycles. The van der Waals surface area contributed by atoms with E-state index in [4.69, 9.17) is 4.52 Å². The van der Waals surface area contributed by atoms with E-state index in [0.29, 0.717) is 11.9 Å². The normalized spacial score (nSPS) is 14.7. The second-order valence-electron chi connectivity index (χ2n) is 3.18. The molecule has 0 spiro atoms. The van der Waals surface area contributed by atoms with E-state index in [2.05, 4.69) is 0 Å². The standard InChI is InChI=1S/C10H17O3P/c1-3-13-14(11,12,4-2)10-8-6-5-7-9-10/h5-9,11-12H,3-4H2,1-2H3.